The number of carbonyl (C=O) groups is 2. The van der Waals surface area contributed by atoms with E-state index in [1.165, 1.54) is 26.0 Å². The van der Waals surface area contributed by atoms with Crippen LogP contribution in [0.2, 0.25) is 0 Å². The number of aromatic nitrogens is 1. The maximum absolute atomic E-state index is 12.1. The Kier molecular flexibility index (Phi) is 4.23. The molecule has 1 fully saturated rings. The number of hydrogen-bond acceptors (Lipinski definition) is 5. The number of amides is 1. The largest absolute Gasteiger partial charge is 0.423 e. The summed E-state index contributed by atoms with van der Waals surface area (Å²) in [4.78, 5) is 27.2. The Morgan fingerprint density at radius 1 is 1.13 bits per heavy atom. The Morgan fingerprint density at radius 2 is 1.87 bits per heavy atom. The van der Waals surface area contributed by atoms with Crippen LogP contribution in [0.4, 0.5) is 11.5 Å². The Labute approximate surface area is 133 Å². The number of benzene rings is 1. The average molecular weight is 311 g/mol. The molecule has 6 heteroatoms. The van der Waals surface area contributed by atoms with Crippen LogP contribution in [0, 0.1) is 0 Å². The maximum Gasteiger partial charge on any atom is 0.345 e. The van der Waals surface area contributed by atoms with Crippen molar-refractivity contribution in [3.63, 3.8) is 0 Å². The molecule has 1 aliphatic rings. The molecular formula is C17H17N3O3. The summed E-state index contributed by atoms with van der Waals surface area (Å²) in [5.74, 6) is 0.552. The molecule has 1 aromatic carbocycles. The van der Waals surface area contributed by atoms with Gasteiger partial charge in [0.05, 0.1) is 5.56 Å². The molecule has 2 N–H and O–H groups in total. The lowest BCUT2D eigenvalue weighted by atomic mass is 10.2. The van der Waals surface area contributed by atoms with Crippen molar-refractivity contribution in [1.29, 1.82) is 0 Å². The molecule has 2 aromatic rings. The van der Waals surface area contributed by atoms with Crippen molar-refractivity contribution >= 4 is 23.4 Å². The van der Waals surface area contributed by atoms with Gasteiger partial charge in [-0.1, -0.05) is 0 Å². The van der Waals surface area contributed by atoms with E-state index in [0.29, 0.717) is 23.0 Å². The predicted molar refractivity (Wildman–Crippen MR) is 86.6 cm³/mol. The lowest BCUT2D eigenvalue weighted by Gasteiger charge is -2.07. The average Bonchev–Trinajstić information content (AvgIpc) is 3.33. The second kappa shape index (κ2) is 6.48. The van der Waals surface area contributed by atoms with E-state index in [0.717, 1.165) is 5.82 Å². The molecule has 1 aromatic heterocycles. The van der Waals surface area contributed by atoms with Crippen molar-refractivity contribution in [2.45, 2.75) is 25.8 Å². The lowest BCUT2D eigenvalue weighted by molar-refractivity contribution is -0.114. The minimum Gasteiger partial charge on any atom is -0.423 e. The van der Waals surface area contributed by atoms with Crippen LogP contribution in [0.25, 0.3) is 0 Å². The van der Waals surface area contributed by atoms with E-state index in [2.05, 4.69) is 15.6 Å². The number of carbonyl (C=O) groups excluding carboxylic acids is 2. The van der Waals surface area contributed by atoms with Gasteiger partial charge in [-0.05, 0) is 49.2 Å². The Morgan fingerprint density at radius 3 is 2.43 bits per heavy atom. The number of pyridine rings is 1. The van der Waals surface area contributed by atoms with Crippen LogP contribution in [0.15, 0.2) is 42.6 Å². The highest BCUT2D eigenvalue weighted by molar-refractivity contribution is 5.91. The fourth-order valence-corrected chi connectivity index (χ4v) is 2.01. The maximum atomic E-state index is 12.1. The van der Waals surface area contributed by atoms with Gasteiger partial charge in [0.25, 0.3) is 0 Å². The number of esters is 1. The summed E-state index contributed by atoms with van der Waals surface area (Å²) in [7, 11) is 0. The van der Waals surface area contributed by atoms with E-state index in [1.807, 2.05) is 0 Å². The number of nitrogens with zero attached hydrogens (tertiary/aromatic N) is 1. The molecule has 0 aliphatic heterocycles. The van der Waals surface area contributed by atoms with Crippen LogP contribution in [0.5, 0.6) is 5.75 Å². The van der Waals surface area contributed by atoms with Gasteiger partial charge in [-0.3, -0.25) is 4.79 Å². The fourth-order valence-electron chi connectivity index (χ4n) is 2.01. The minimum atomic E-state index is -0.470. The smallest absolute Gasteiger partial charge is 0.345 e. The van der Waals surface area contributed by atoms with E-state index in [1.54, 1.807) is 36.4 Å². The second-order valence-electron chi connectivity index (χ2n) is 5.45. The van der Waals surface area contributed by atoms with Crippen molar-refractivity contribution in [3.05, 3.63) is 48.2 Å². The SMILES string of the molecule is CC(=O)Nc1ccc(OC(=O)c2ccc(NC3CC3)nc2)cc1. The molecule has 0 spiro atoms. The number of rotatable bonds is 5. The lowest BCUT2D eigenvalue weighted by Crippen LogP contribution is -2.10. The summed E-state index contributed by atoms with van der Waals surface area (Å²) in [6.45, 7) is 1.43. The molecule has 3 rings (SSSR count). The van der Waals surface area contributed by atoms with Crippen LogP contribution in [0.1, 0.15) is 30.1 Å². The molecule has 1 amide bonds. The van der Waals surface area contributed by atoms with Gasteiger partial charge in [-0.25, -0.2) is 9.78 Å². The molecule has 23 heavy (non-hydrogen) atoms. The number of hydrogen-bond donors (Lipinski definition) is 2. The molecule has 1 heterocycles. The molecule has 118 valence electrons. The van der Waals surface area contributed by atoms with Crippen molar-refractivity contribution in [2.75, 3.05) is 10.6 Å². The Bertz CT molecular complexity index is 707. The van der Waals surface area contributed by atoms with Crippen LogP contribution in [-0.2, 0) is 4.79 Å². The first-order chi connectivity index (χ1) is 11.1. The fraction of sp³-hybridized carbons (Fsp3) is 0.235. The molecule has 6 nitrogen and oxygen atoms in total. The van der Waals surface area contributed by atoms with E-state index in [4.69, 9.17) is 4.74 Å². The third-order valence-corrected chi connectivity index (χ3v) is 3.31. The summed E-state index contributed by atoms with van der Waals surface area (Å²) >= 11 is 0. The Hall–Kier alpha value is -2.89. The van der Waals surface area contributed by atoms with Crippen molar-refractivity contribution in [3.8, 4) is 5.75 Å². The molecular weight excluding hydrogens is 294 g/mol. The van der Waals surface area contributed by atoms with E-state index < -0.39 is 5.97 Å². The number of anilines is 2. The first-order valence-corrected chi connectivity index (χ1v) is 7.42. The first kappa shape index (κ1) is 15.0. The summed E-state index contributed by atoms with van der Waals surface area (Å²) in [5, 5.41) is 5.90. The molecule has 1 saturated carbocycles. The van der Waals surface area contributed by atoms with Crippen LogP contribution >= 0.6 is 0 Å². The summed E-state index contributed by atoms with van der Waals surface area (Å²) in [5.41, 5.74) is 1.03. The van der Waals surface area contributed by atoms with Crippen LogP contribution in [0.3, 0.4) is 0 Å². The summed E-state index contributed by atoms with van der Waals surface area (Å²) in [6, 6.07) is 10.6. The van der Waals surface area contributed by atoms with Crippen molar-refractivity contribution in [2.24, 2.45) is 0 Å². The van der Waals surface area contributed by atoms with Gasteiger partial charge in [0.2, 0.25) is 5.91 Å². The zero-order chi connectivity index (χ0) is 16.2. The molecule has 0 bridgehead atoms. The van der Waals surface area contributed by atoms with Gasteiger partial charge in [0.1, 0.15) is 11.6 Å². The number of ether oxygens (including phenoxy) is 1. The van der Waals surface area contributed by atoms with E-state index >= 15 is 0 Å². The van der Waals surface area contributed by atoms with Crippen molar-refractivity contribution in [1.82, 2.24) is 4.98 Å². The van der Waals surface area contributed by atoms with Crippen molar-refractivity contribution < 1.29 is 14.3 Å². The monoisotopic (exact) mass is 311 g/mol. The van der Waals surface area contributed by atoms with Gasteiger partial charge in [0.15, 0.2) is 0 Å². The minimum absolute atomic E-state index is 0.152. The zero-order valence-electron chi connectivity index (χ0n) is 12.7. The molecule has 0 saturated heterocycles. The molecule has 1 aliphatic carbocycles. The van der Waals surface area contributed by atoms with Gasteiger partial charge < -0.3 is 15.4 Å². The topological polar surface area (TPSA) is 80.3 Å². The highest BCUT2D eigenvalue weighted by Gasteiger charge is 2.21. The van der Waals surface area contributed by atoms with E-state index in [9.17, 15) is 9.59 Å². The third-order valence-electron chi connectivity index (χ3n) is 3.31. The van der Waals surface area contributed by atoms with E-state index in [-0.39, 0.29) is 5.91 Å². The van der Waals surface area contributed by atoms with Crippen LogP contribution in [-0.4, -0.2) is 22.9 Å². The van der Waals surface area contributed by atoms with Gasteiger partial charge in [-0.2, -0.15) is 0 Å². The Balaban J connectivity index is 1.60. The predicted octanol–water partition coefficient (Wildman–Crippen LogP) is 2.83. The summed E-state index contributed by atoms with van der Waals surface area (Å²) in [6.07, 6.45) is 3.83. The van der Waals surface area contributed by atoms with Gasteiger partial charge in [0, 0.05) is 24.8 Å². The normalized spacial score (nSPS) is 13.3. The van der Waals surface area contributed by atoms with Crippen LogP contribution < -0.4 is 15.4 Å². The quantitative estimate of drug-likeness (QED) is 0.655. The standard InChI is InChI=1S/C17H17N3O3/c1-11(21)19-13-5-7-15(8-6-13)23-17(22)12-2-9-16(18-10-12)20-14-3-4-14/h2,5-10,14H,3-4H2,1H3,(H,18,20)(H,19,21). The highest BCUT2D eigenvalue weighted by Crippen LogP contribution is 2.23. The third kappa shape index (κ3) is 4.29. The first-order valence-electron chi connectivity index (χ1n) is 7.42. The molecule has 0 radical (unpaired) electrons. The number of nitrogens with one attached hydrogen (secondary N) is 2. The molecule has 0 atom stereocenters. The second-order valence-corrected chi connectivity index (χ2v) is 5.45. The summed E-state index contributed by atoms with van der Waals surface area (Å²) < 4.78 is 5.28. The zero-order valence-corrected chi connectivity index (χ0v) is 12.7. The van der Waals surface area contributed by atoms with Gasteiger partial charge in [-0.15, -0.1) is 0 Å². The van der Waals surface area contributed by atoms with Gasteiger partial charge >= 0.3 is 5.97 Å². The highest BCUT2D eigenvalue weighted by atomic mass is 16.5. The molecule has 0 unspecified atom stereocenters.